The van der Waals surface area contributed by atoms with E-state index in [4.69, 9.17) is 8.94 Å². The Morgan fingerprint density at radius 2 is 2.39 bits per heavy atom. The Kier molecular flexibility index (Phi) is 2.45. The van der Waals surface area contributed by atoms with Crippen LogP contribution in [0.2, 0.25) is 0 Å². The summed E-state index contributed by atoms with van der Waals surface area (Å²) in [4.78, 5) is 14.6. The number of furan rings is 1. The van der Waals surface area contributed by atoms with Crippen LogP contribution in [0.3, 0.4) is 0 Å². The lowest BCUT2D eigenvalue weighted by atomic mass is 10.4. The maximum atomic E-state index is 10.5. The van der Waals surface area contributed by atoms with Crippen molar-refractivity contribution in [3.8, 4) is 11.7 Å². The number of carbonyl (C=O) groups excluding carboxylic acids is 1. The molecule has 18 heavy (non-hydrogen) atoms. The molecule has 0 amide bonds. The van der Waals surface area contributed by atoms with E-state index >= 15 is 0 Å². The van der Waals surface area contributed by atoms with Crippen LogP contribution in [0.4, 0.5) is 0 Å². The lowest BCUT2D eigenvalue weighted by Gasteiger charge is -1.91. The summed E-state index contributed by atoms with van der Waals surface area (Å²) in [5, 5.41) is 11.2. The van der Waals surface area contributed by atoms with Crippen LogP contribution in [0.1, 0.15) is 16.3 Å². The number of hydrogen-bond acceptors (Lipinski definition) is 7. The number of nitrogens with zero attached hydrogens (tertiary/aromatic N) is 5. The second kappa shape index (κ2) is 4.24. The fourth-order valence-electron chi connectivity index (χ4n) is 1.41. The minimum absolute atomic E-state index is 0.254. The number of rotatable bonds is 4. The summed E-state index contributed by atoms with van der Waals surface area (Å²) in [6, 6.07) is 3.45. The van der Waals surface area contributed by atoms with E-state index in [-0.39, 0.29) is 12.2 Å². The first-order valence-corrected chi connectivity index (χ1v) is 5.07. The molecule has 0 saturated heterocycles. The monoisotopic (exact) mass is 245 g/mol. The number of aldehydes is 1. The summed E-state index contributed by atoms with van der Waals surface area (Å²) in [6.07, 6.45) is 3.64. The van der Waals surface area contributed by atoms with Gasteiger partial charge in [-0.1, -0.05) is 10.4 Å². The van der Waals surface area contributed by atoms with Crippen LogP contribution in [0.15, 0.2) is 33.5 Å². The molecule has 3 heterocycles. The predicted molar refractivity (Wildman–Crippen MR) is 56.5 cm³/mol. The Morgan fingerprint density at radius 3 is 3.11 bits per heavy atom. The van der Waals surface area contributed by atoms with Gasteiger partial charge in [-0.05, 0) is 12.1 Å². The molecular formula is C10H7N5O3. The van der Waals surface area contributed by atoms with Gasteiger partial charge in [0, 0.05) is 0 Å². The van der Waals surface area contributed by atoms with E-state index in [9.17, 15) is 4.79 Å². The molecule has 3 aromatic heterocycles. The van der Waals surface area contributed by atoms with Gasteiger partial charge in [0.1, 0.15) is 12.2 Å². The standard InChI is InChI=1S/C10H7N5O3/c16-6-7-4-15(14-12-7)5-9-11-10(18-13-9)8-2-1-3-17-8/h1-4,6H,5H2. The molecule has 0 atom stereocenters. The zero-order valence-corrected chi connectivity index (χ0v) is 9.05. The molecule has 0 aliphatic carbocycles. The molecule has 0 bridgehead atoms. The Morgan fingerprint density at radius 1 is 1.44 bits per heavy atom. The predicted octanol–water partition coefficient (Wildman–Crippen LogP) is 0.782. The molecule has 0 aliphatic rings. The average molecular weight is 245 g/mol. The molecule has 90 valence electrons. The fraction of sp³-hybridized carbons (Fsp3) is 0.100. The highest BCUT2D eigenvalue weighted by molar-refractivity contribution is 5.70. The lowest BCUT2D eigenvalue weighted by Crippen LogP contribution is -2.02. The molecule has 0 N–H and O–H groups in total. The van der Waals surface area contributed by atoms with E-state index < -0.39 is 0 Å². The van der Waals surface area contributed by atoms with Gasteiger partial charge in [0.15, 0.2) is 17.9 Å². The zero-order valence-electron chi connectivity index (χ0n) is 9.05. The van der Waals surface area contributed by atoms with Crippen molar-refractivity contribution in [1.82, 2.24) is 25.1 Å². The number of hydrogen-bond donors (Lipinski definition) is 0. The Labute approximate surface area is 100 Å². The number of carbonyl (C=O) groups is 1. The highest BCUT2D eigenvalue weighted by Gasteiger charge is 2.11. The second-order valence-corrected chi connectivity index (χ2v) is 3.45. The van der Waals surface area contributed by atoms with Gasteiger partial charge in [-0.15, -0.1) is 5.10 Å². The Balaban J connectivity index is 1.79. The fourth-order valence-corrected chi connectivity index (χ4v) is 1.41. The molecule has 3 rings (SSSR count). The molecule has 0 saturated carbocycles. The summed E-state index contributed by atoms with van der Waals surface area (Å²) in [5.74, 6) is 1.22. The molecule has 3 aromatic rings. The smallest absolute Gasteiger partial charge is 0.293 e. The van der Waals surface area contributed by atoms with Gasteiger partial charge < -0.3 is 8.94 Å². The van der Waals surface area contributed by atoms with Crippen molar-refractivity contribution >= 4 is 6.29 Å². The highest BCUT2D eigenvalue weighted by atomic mass is 16.5. The third-order valence-electron chi connectivity index (χ3n) is 2.18. The molecule has 0 fully saturated rings. The maximum absolute atomic E-state index is 10.5. The van der Waals surface area contributed by atoms with E-state index in [0.717, 1.165) is 0 Å². The van der Waals surface area contributed by atoms with Crippen molar-refractivity contribution in [3.63, 3.8) is 0 Å². The number of aromatic nitrogens is 5. The van der Waals surface area contributed by atoms with Gasteiger partial charge in [0.2, 0.25) is 0 Å². The van der Waals surface area contributed by atoms with E-state index in [1.54, 1.807) is 12.1 Å². The third kappa shape index (κ3) is 1.90. The van der Waals surface area contributed by atoms with Crippen molar-refractivity contribution in [2.75, 3.05) is 0 Å². The summed E-state index contributed by atoms with van der Waals surface area (Å²) in [7, 11) is 0. The quantitative estimate of drug-likeness (QED) is 0.626. The first kappa shape index (κ1) is 10.4. The minimum Gasteiger partial charge on any atom is -0.459 e. The van der Waals surface area contributed by atoms with Crippen LogP contribution in [0.5, 0.6) is 0 Å². The molecule has 0 unspecified atom stereocenters. The van der Waals surface area contributed by atoms with E-state index in [1.807, 2.05) is 0 Å². The van der Waals surface area contributed by atoms with E-state index in [0.29, 0.717) is 23.8 Å². The molecule has 0 radical (unpaired) electrons. The van der Waals surface area contributed by atoms with Crippen LogP contribution in [-0.2, 0) is 6.54 Å². The molecule has 8 nitrogen and oxygen atoms in total. The molecule has 0 aliphatic heterocycles. The second-order valence-electron chi connectivity index (χ2n) is 3.45. The zero-order chi connectivity index (χ0) is 12.4. The molecule has 8 heteroatoms. The van der Waals surface area contributed by atoms with Gasteiger partial charge >= 0.3 is 0 Å². The summed E-state index contributed by atoms with van der Waals surface area (Å²) >= 11 is 0. The Bertz CT molecular complexity index is 655. The van der Waals surface area contributed by atoms with Crippen molar-refractivity contribution in [2.24, 2.45) is 0 Å². The normalized spacial score (nSPS) is 10.7. The average Bonchev–Trinajstić information content (AvgIpc) is 3.10. The maximum Gasteiger partial charge on any atom is 0.293 e. The topological polar surface area (TPSA) is 99.8 Å². The molecular weight excluding hydrogens is 238 g/mol. The van der Waals surface area contributed by atoms with Gasteiger partial charge in [-0.25, -0.2) is 4.68 Å². The lowest BCUT2D eigenvalue weighted by molar-refractivity contribution is 0.111. The van der Waals surface area contributed by atoms with Crippen LogP contribution < -0.4 is 0 Å². The van der Waals surface area contributed by atoms with Gasteiger partial charge in [0.25, 0.3) is 5.89 Å². The Hall–Kier alpha value is -2.77. The first-order valence-electron chi connectivity index (χ1n) is 5.07. The van der Waals surface area contributed by atoms with Crippen molar-refractivity contribution in [1.29, 1.82) is 0 Å². The van der Waals surface area contributed by atoms with Crippen molar-refractivity contribution < 1.29 is 13.7 Å². The van der Waals surface area contributed by atoms with Gasteiger partial charge in [0.05, 0.1) is 12.5 Å². The van der Waals surface area contributed by atoms with Gasteiger partial charge in [-0.3, -0.25) is 4.79 Å². The summed E-state index contributed by atoms with van der Waals surface area (Å²) in [6.45, 7) is 0.269. The van der Waals surface area contributed by atoms with Crippen LogP contribution >= 0.6 is 0 Å². The molecule has 0 spiro atoms. The van der Waals surface area contributed by atoms with Crippen LogP contribution in [0, 0.1) is 0 Å². The molecule has 0 aromatic carbocycles. The van der Waals surface area contributed by atoms with E-state index in [1.165, 1.54) is 17.1 Å². The van der Waals surface area contributed by atoms with Gasteiger partial charge in [-0.2, -0.15) is 4.98 Å². The summed E-state index contributed by atoms with van der Waals surface area (Å²) < 4.78 is 11.6. The van der Waals surface area contributed by atoms with Crippen LogP contribution in [-0.4, -0.2) is 31.4 Å². The van der Waals surface area contributed by atoms with E-state index in [2.05, 4.69) is 20.5 Å². The first-order chi connectivity index (χ1) is 8.85. The minimum atomic E-state index is 0.254. The highest BCUT2D eigenvalue weighted by Crippen LogP contribution is 2.17. The van der Waals surface area contributed by atoms with Crippen LogP contribution in [0.25, 0.3) is 11.7 Å². The SMILES string of the molecule is O=Cc1cn(Cc2noc(-c3ccco3)n2)nn1. The van der Waals surface area contributed by atoms with Crippen molar-refractivity contribution in [3.05, 3.63) is 36.1 Å². The largest absolute Gasteiger partial charge is 0.459 e. The van der Waals surface area contributed by atoms with Crippen molar-refractivity contribution in [2.45, 2.75) is 6.54 Å². The summed E-state index contributed by atoms with van der Waals surface area (Å²) in [5.41, 5.74) is 0.254. The third-order valence-corrected chi connectivity index (χ3v) is 2.18.